The third-order valence-corrected chi connectivity index (χ3v) is 3.46. The Morgan fingerprint density at radius 1 is 0.957 bits per heavy atom. The van der Waals surface area contributed by atoms with Gasteiger partial charge in [0.2, 0.25) is 0 Å². The van der Waals surface area contributed by atoms with Crippen LogP contribution >= 0.6 is 0 Å². The topological polar surface area (TPSA) is 28.7 Å². The highest BCUT2D eigenvalue weighted by Gasteiger charge is 2.09. The fraction of sp³-hybridized carbons (Fsp3) is 0. The lowest BCUT2D eigenvalue weighted by molar-refractivity contribution is 0.624. The van der Waals surface area contributed by atoms with Crippen molar-refractivity contribution < 1.29 is 8.78 Å². The predicted octanol–water partition coefficient (Wildman–Crippen LogP) is 4.82. The zero-order chi connectivity index (χ0) is 16.2. The number of aromatic nitrogens is 1. The monoisotopic (exact) mass is 306 g/mol. The van der Waals surface area contributed by atoms with Crippen LogP contribution in [0.2, 0.25) is 0 Å². The van der Waals surface area contributed by atoms with Gasteiger partial charge in [-0.05, 0) is 48.5 Å². The zero-order valence-corrected chi connectivity index (χ0v) is 12.1. The van der Waals surface area contributed by atoms with Crippen LogP contribution in [0.4, 0.5) is 8.78 Å². The number of allylic oxidation sites excluding steroid dienone is 1. The molecule has 0 bridgehead atoms. The first-order valence-corrected chi connectivity index (χ1v) is 6.99. The number of hydrogen-bond donors (Lipinski definition) is 0. The molecule has 2 nitrogen and oxygen atoms in total. The Kier molecular flexibility index (Phi) is 4.03. The van der Waals surface area contributed by atoms with E-state index >= 15 is 0 Å². The highest BCUT2D eigenvalue weighted by atomic mass is 19.1. The van der Waals surface area contributed by atoms with Crippen LogP contribution in [0, 0.1) is 23.0 Å². The van der Waals surface area contributed by atoms with Gasteiger partial charge in [0.05, 0.1) is 11.6 Å². The standard InChI is InChI=1S/C19H12F2N2/c20-15-7-9-16(10-8-15)23-11-3-4-17(23)12-14(13-22)18-5-1-2-6-19(18)21/h1-12H. The summed E-state index contributed by atoms with van der Waals surface area (Å²) < 4.78 is 28.7. The maximum absolute atomic E-state index is 13.9. The van der Waals surface area contributed by atoms with E-state index in [1.165, 1.54) is 18.2 Å². The first kappa shape index (κ1) is 14.7. The van der Waals surface area contributed by atoms with Crippen LogP contribution in [0.25, 0.3) is 17.3 Å². The second-order valence-electron chi connectivity index (χ2n) is 4.93. The van der Waals surface area contributed by atoms with Crippen molar-refractivity contribution in [1.82, 2.24) is 4.57 Å². The van der Waals surface area contributed by atoms with E-state index in [1.807, 2.05) is 18.2 Å². The van der Waals surface area contributed by atoms with E-state index in [4.69, 9.17) is 0 Å². The minimum atomic E-state index is -0.444. The van der Waals surface area contributed by atoms with E-state index in [9.17, 15) is 14.0 Å². The lowest BCUT2D eigenvalue weighted by Gasteiger charge is -2.07. The second-order valence-corrected chi connectivity index (χ2v) is 4.93. The molecular formula is C19H12F2N2. The van der Waals surface area contributed by atoms with E-state index in [0.717, 1.165) is 5.69 Å². The summed E-state index contributed by atoms with van der Waals surface area (Å²) in [7, 11) is 0. The number of nitriles is 1. The summed E-state index contributed by atoms with van der Waals surface area (Å²) in [6.07, 6.45) is 3.41. The first-order valence-electron chi connectivity index (χ1n) is 6.99. The maximum Gasteiger partial charge on any atom is 0.131 e. The Labute approximate surface area is 132 Å². The summed E-state index contributed by atoms with van der Waals surface area (Å²) in [4.78, 5) is 0. The van der Waals surface area contributed by atoms with Gasteiger partial charge in [0.15, 0.2) is 0 Å². The molecule has 1 aromatic heterocycles. The molecule has 4 heteroatoms. The van der Waals surface area contributed by atoms with Crippen molar-refractivity contribution in [1.29, 1.82) is 5.26 Å². The van der Waals surface area contributed by atoms with Gasteiger partial charge in [0.25, 0.3) is 0 Å². The Bertz CT molecular complexity index is 900. The molecule has 23 heavy (non-hydrogen) atoms. The molecule has 2 aromatic carbocycles. The lowest BCUT2D eigenvalue weighted by atomic mass is 10.1. The molecule has 112 valence electrons. The summed E-state index contributed by atoms with van der Waals surface area (Å²) in [5, 5.41) is 9.36. The molecular weight excluding hydrogens is 294 g/mol. The fourth-order valence-corrected chi connectivity index (χ4v) is 2.35. The van der Waals surface area contributed by atoms with Gasteiger partial charge in [0.1, 0.15) is 11.6 Å². The van der Waals surface area contributed by atoms with Crippen molar-refractivity contribution in [2.45, 2.75) is 0 Å². The van der Waals surface area contributed by atoms with Crippen LogP contribution in [0.3, 0.4) is 0 Å². The molecule has 0 aliphatic carbocycles. The molecule has 0 fully saturated rings. The van der Waals surface area contributed by atoms with Gasteiger partial charge < -0.3 is 4.57 Å². The molecule has 0 unspecified atom stereocenters. The quantitative estimate of drug-likeness (QED) is 0.638. The molecule has 0 amide bonds. The molecule has 0 saturated heterocycles. The Hall–Kier alpha value is -3.19. The van der Waals surface area contributed by atoms with Gasteiger partial charge in [-0.2, -0.15) is 5.26 Å². The molecule has 0 spiro atoms. The molecule has 0 radical (unpaired) electrons. The van der Waals surface area contributed by atoms with Crippen molar-refractivity contribution >= 4 is 11.6 Å². The van der Waals surface area contributed by atoms with Crippen molar-refractivity contribution in [2.24, 2.45) is 0 Å². The number of hydrogen-bond acceptors (Lipinski definition) is 1. The number of halogens is 2. The van der Waals surface area contributed by atoms with Gasteiger partial charge in [-0.1, -0.05) is 18.2 Å². The van der Waals surface area contributed by atoms with E-state index in [2.05, 4.69) is 0 Å². The largest absolute Gasteiger partial charge is 0.317 e. The number of benzene rings is 2. The van der Waals surface area contributed by atoms with Crippen LogP contribution in [0.15, 0.2) is 66.9 Å². The minimum Gasteiger partial charge on any atom is -0.317 e. The second kappa shape index (κ2) is 6.29. The summed E-state index contributed by atoms with van der Waals surface area (Å²) in [6, 6.07) is 17.8. The lowest BCUT2D eigenvalue weighted by Crippen LogP contribution is -1.96. The van der Waals surface area contributed by atoms with E-state index in [-0.39, 0.29) is 17.0 Å². The SMILES string of the molecule is N#CC(=Cc1cccn1-c1ccc(F)cc1)c1ccccc1F. The van der Waals surface area contributed by atoms with Crippen molar-refractivity contribution in [2.75, 3.05) is 0 Å². The van der Waals surface area contributed by atoms with Crippen LogP contribution in [0.5, 0.6) is 0 Å². The molecule has 1 heterocycles. The van der Waals surface area contributed by atoms with Gasteiger partial charge in [-0.15, -0.1) is 0 Å². The van der Waals surface area contributed by atoms with E-state index in [0.29, 0.717) is 5.69 Å². The van der Waals surface area contributed by atoms with Gasteiger partial charge in [0, 0.05) is 23.1 Å². The Balaban J connectivity index is 2.06. The summed E-state index contributed by atoms with van der Waals surface area (Å²) >= 11 is 0. The minimum absolute atomic E-state index is 0.227. The van der Waals surface area contributed by atoms with E-state index < -0.39 is 5.82 Å². The molecule has 0 N–H and O–H groups in total. The normalized spacial score (nSPS) is 11.3. The van der Waals surface area contributed by atoms with Crippen LogP contribution in [-0.2, 0) is 0 Å². The van der Waals surface area contributed by atoms with Crippen LogP contribution in [0.1, 0.15) is 11.3 Å². The molecule has 0 atom stereocenters. The van der Waals surface area contributed by atoms with Gasteiger partial charge in [-0.3, -0.25) is 0 Å². The Morgan fingerprint density at radius 3 is 2.39 bits per heavy atom. The molecule has 0 aliphatic rings. The average Bonchev–Trinajstić information content (AvgIpc) is 3.02. The number of nitrogens with zero attached hydrogens (tertiary/aromatic N) is 2. The third-order valence-electron chi connectivity index (χ3n) is 3.46. The third kappa shape index (κ3) is 3.04. The van der Waals surface area contributed by atoms with Crippen molar-refractivity contribution in [3.8, 4) is 11.8 Å². The number of rotatable bonds is 3. The first-order chi connectivity index (χ1) is 11.2. The average molecular weight is 306 g/mol. The summed E-state index contributed by atoms with van der Waals surface area (Å²) in [5.74, 6) is -0.762. The molecule has 3 aromatic rings. The molecule has 0 aliphatic heterocycles. The van der Waals surface area contributed by atoms with Crippen molar-refractivity contribution in [3.05, 3.63) is 89.8 Å². The van der Waals surface area contributed by atoms with Gasteiger partial charge in [-0.25, -0.2) is 8.78 Å². The summed E-state index contributed by atoms with van der Waals surface area (Å²) in [5.41, 5.74) is 1.94. The maximum atomic E-state index is 13.9. The zero-order valence-electron chi connectivity index (χ0n) is 12.1. The van der Waals surface area contributed by atoms with Crippen LogP contribution in [-0.4, -0.2) is 4.57 Å². The van der Waals surface area contributed by atoms with Gasteiger partial charge >= 0.3 is 0 Å². The highest BCUT2D eigenvalue weighted by Crippen LogP contribution is 2.22. The fourth-order valence-electron chi connectivity index (χ4n) is 2.35. The molecule has 3 rings (SSSR count). The predicted molar refractivity (Wildman–Crippen MR) is 85.6 cm³/mol. The molecule has 0 saturated carbocycles. The summed E-state index contributed by atoms with van der Waals surface area (Å²) in [6.45, 7) is 0. The highest BCUT2D eigenvalue weighted by molar-refractivity contribution is 5.89. The van der Waals surface area contributed by atoms with Crippen molar-refractivity contribution in [3.63, 3.8) is 0 Å². The smallest absolute Gasteiger partial charge is 0.131 e. The van der Waals surface area contributed by atoms with Crippen LogP contribution < -0.4 is 0 Å². The Morgan fingerprint density at radius 2 is 1.70 bits per heavy atom. The van der Waals surface area contributed by atoms with E-state index in [1.54, 1.807) is 47.2 Å².